The summed E-state index contributed by atoms with van der Waals surface area (Å²) in [6, 6.07) is 13.6. The van der Waals surface area contributed by atoms with Crippen molar-refractivity contribution in [2.24, 2.45) is 0 Å². The fourth-order valence-corrected chi connectivity index (χ4v) is 2.28. The van der Waals surface area contributed by atoms with E-state index < -0.39 is 18.0 Å². The highest BCUT2D eigenvalue weighted by atomic mass is 16.5. The molecule has 1 aromatic carbocycles. The van der Waals surface area contributed by atoms with Crippen LogP contribution in [-0.4, -0.2) is 22.0 Å². The fraction of sp³-hybridized carbons (Fsp3) is 0.158. The minimum absolute atomic E-state index is 0.251. The number of benzene rings is 1. The SMILES string of the molecule is Cc1ccc(C(=O)OC(C(=O)Nc2cc(C)on2)c2ccccc2)cn1. The number of carbonyl (C=O) groups is 2. The molecule has 0 aliphatic carbocycles. The first kappa shape index (κ1) is 17.3. The quantitative estimate of drug-likeness (QED) is 0.709. The van der Waals surface area contributed by atoms with Crippen molar-refractivity contribution in [1.82, 2.24) is 10.1 Å². The summed E-state index contributed by atoms with van der Waals surface area (Å²) in [4.78, 5) is 29.2. The van der Waals surface area contributed by atoms with Crippen LogP contribution in [0.4, 0.5) is 5.82 Å². The van der Waals surface area contributed by atoms with Crippen molar-refractivity contribution in [2.75, 3.05) is 5.32 Å². The number of hydrogen-bond acceptors (Lipinski definition) is 6. The first-order valence-electron chi connectivity index (χ1n) is 7.95. The maximum Gasteiger partial charge on any atom is 0.340 e. The van der Waals surface area contributed by atoms with Gasteiger partial charge in [0, 0.05) is 23.5 Å². The lowest BCUT2D eigenvalue weighted by Crippen LogP contribution is -2.26. The second-order valence-electron chi connectivity index (χ2n) is 5.70. The second-order valence-corrected chi connectivity index (χ2v) is 5.70. The van der Waals surface area contributed by atoms with Crippen molar-refractivity contribution in [3.05, 3.63) is 77.3 Å². The van der Waals surface area contributed by atoms with Crippen molar-refractivity contribution in [3.8, 4) is 0 Å². The number of aryl methyl sites for hydroxylation is 2. The van der Waals surface area contributed by atoms with Crippen molar-refractivity contribution in [1.29, 1.82) is 0 Å². The molecule has 1 N–H and O–H groups in total. The van der Waals surface area contributed by atoms with Crippen LogP contribution in [0.2, 0.25) is 0 Å². The van der Waals surface area contributed by atoms with Crippen LogP contribution in [0.15, 0.2) is 59.3 Å². The van der Waals surface area contributed by atoms with Gasteiger partial charge in [0.1, 0.15) is 5.76 Å². The van der Waals surface area contributed by atoms with E-state index in [4.69, 9.17) is 9.26 Å². The molecular formula is C19H17N3O4. The summed E-state index contributed by atoms with van der Waals surface area (Å²) >= 11 is 0. The van der Waals surface area contributed by atoms with Gasteiger partial charge in [0.2, 0.25) is 6.10 Å². The van der Waals surface area contributed by atoms with Crippen LogP contribution in [0.3, 0.4) is 0 Å². The van der Waals surface area contributed by atoms with Crippen LogP contribution in [0, 0.1) is 13.8 Å². The van der Waals surface area contributed by atoms with Gasteiger partial charge in [-0.3, -0.25) is 9.78 Å². The van der Waals surface area contributed by atoms with Crippen LogP contribution in [0.5, 0.6) is 0 Å². The molecule has 1 atom stereocenters. The molecule has 7 heteroatoms. The number of pyridine rings is 1. The summed E-state index contributed by atoms with van der Waals surface area (Å²) in [6.07, 6.45) is 0.278. The fourth-order valence-electron chi connectivity index (χ4n) is 2.28. The minimum atomic E-state index is -1.14. The molecule has 0 aliphatic heterocycles. The number of carbonyl (C=O) groups excluding carboxylic acids is 2. The maximum absolute atomic E-state index is 12.7. The maximum atomic E-state index is 12.7. The zero-order chi connectivity index (χ0) is 18.5. The Bertz CT molecular complexity index is 904. The molecule has 2 heterocycles. The summed E-state index contributed by atoms with van der Waals surface area (Å²) in [6.45, 7) is 3.52. The molecule has 0 fully saturated rings. The van der Waals surface area contributed by atoms with Gasteiger partial charge in [-0.2, -0.15) is 0 Å². The van der Waals surface area contributed by atoms with Gasteiger partial charge in [-0.1, -0.05) is 35.5 Å². The van der Waals surface area contributed by atoms with Gasteiger partial charge >= 0.3 is 5.97 Å². The summed E-state index contributed by atoms with van der Waals surface area (Å²) in [7, 11) is 0. The Kier molecular flexibility index (Phi) is 5.07. The zero-order valence-corrected chi connectivity index (χ0v) is 14.3. The molecule has 7 nitrogen and oxygen atoms in total. The highest BCUT2D eigenvalue weighted by molar-refractivity contribution is 5.97. The molecule has 0 saturated heterocycles. The lowest BCUT2D eigenvalue weighted by atomic mass is 10.1. The number of nitrogens with one attached hydrogen (secondary N) is 1. The van der Waals surface area contributed by atoms with Gasteiger partial charge in [-0.15, -0.1) is 0 Å². The van der Waals surface area contributed by atoms with Gasteiger partial charge in [0.05, 0.1) is 5.56 Å². The average Bonchev–Trinajstić information content (AvgIpc) is 3.05. The number of nitrogens with zero attached hydrogens (tertiary/aromatic N) is 2. The van der Waals surface area contributed by atoms with E-state index in [-0.39, 0.29) is 11.4 Å². The van der Waals surface area contributed by atoms with Gasteiger partial charge in [0.15, 0.2) is 5.82 Å². The van der Waals surface area contributed by atoms with Gasteiger partial charge < -0.3 is 14.6 Å². The number of esters is 1. The molecule has 0 spiro atoms. The van der Waals surface area contributed by atoms with Crippen LogP contribution < -0.4 is 5.32 Å². The van der Waals surface area contributed by atoms with E-state index in [1.807, 2.05) is 13.0 Å². The van der Waals surface area contributed by atoms with Crippen molar-refractivity contribution in [2.45, 2.75) is 20.0 Å². The van der Waals surface area contributed by atoms with Crippen LogP contribution in [-0.2, 0) is 9.53 Å². The van der Waals surface area contributed by atoms with E-state index in [2.05, 4.69) is 15.5 Å². The highest BCUT2D eigenvalue weighted by Crippen LogP contribution is 2.21. The molecule has 0 aliphatic rings. The molecular weight excluding hydrogens is 334 g/mol. The largest absolute Gasteiger partial charge is 0.444 e. The summed E-state index contributed by atoms with van der Waals surface area (Å²) in [5.74, 6) is -0.364. The van der Waals surface area contributed by atoms with E-state index >= 15 is 0 Å². The van der Waals surface area contributed by atoms with Gasteiger partial charge in [-0.25, -0.2) is 4.79 Å². The first-order valence-corrected chi connectivity index (χ1v) is 7.95. The van der Waals surface area contributed by atoms with Crippen molar-refractivity contribution < 1.29 is 18.8 Å². The van der Waals surface area contributed by atoms with Gasteiger partial charge in [0.25, 0.3) is 5.91 Å². The Hall–Kier alpha value is -3.48. The molecule has 26 heavy (non-hydrogen) atoms. The summed E-state index contributed by atoms with van der Waals surface area (Å²) in [5.41, 5.74) is 1.58. The number of aromatic nitrogens is 2. The van der Waals surface area contributed by atoms with E-state index in [1.54, 1.807) is 49.4 Å². The molecule has 0 saturated carbocycles. The lowest BCUT2D eigenvalue weighted by Gasteiger charge is -2.17. The van der Waals surface area contributed by atoms with Crippen LogP contribution in [0.25, 0.3) is 0 Å². The molecule has 1 amide bonds. The minimum Gasteiger partial charge on any atom is -0.444 e. The van der Waals surface area contributed by atoms with Crippen LogP contribution >= 0.6 is 0 Å². The average molecular weight is 351 g/mol. The topological polar surface area (TPSA) is 94.3 Å². The molecule has 0 radical (unpaired) electrons. The molecule has 132 valence electrons. The van der Waals surface area contributed by atoms with E-state index in [1.165, 1.54) is 6.20 Å². The second kappa shape index (κ2) is 7.60. The Morgan fingerprint density at radius 2 is 1.88 bits per heavy atom. The standard InChI is InChI=1S/C19H17N3O4/c1-12-8-9-15(11-20-12)19(24)25-17(14-6-4-3-5-7-14)18(23)21-16-10-13(2)26-22-16/h3-11,17H,1-2H3,(H,21,22,23). The number of amides is 1. The third kappa shape index (κ3) is 4.13. The number of rotatable bonds is 5. The Balaban J connectivity index is 1.82. The monoisotopic (exact) mass is 351 g/mol. The lowest BCUT2D eigenvalue weighted by molar-refractivity contribution is -0.125. The molecule has 3 aromatic rings. The van der Waals surface area contributed by atoms with E-state index in [0.29, 0.717) is 11.3 Å². The third-order valence-electron chi connectivity index (χ3n) is 3.59. The van der Waals surface area contributed by atoms with Gasteiger partial charge in [-0.05, 0) is 26.0 Å². The predicted octanol–water partition coefficient (Wildman–Crippen LogP) is 3.22. The summed E-state index contributed by atoms with van der Waals surface area (Å²) in [5, 5.41) is 6.31. The van der Waals surface area contributed by atoms with Crippen molar-refractivity contribution >= 4 is 17.7 Å². The normalized spacial score (nSPS) is 11.6. The predicted molar refractivity (Wildman–Crippen MR) is 93.4 cm³/mol. The van der Waals surface area contributed by atoms with Crippen LogP contribution in [0.1, 0.15) is 33.5 Å². The Labute approximate surface area is 150 Å². The number of anilines is 1. The Morgan fingerprint density at radius 3 is 2.50 bits per heavy atom. The molecule has 0 bridgehead atoms. The third-order valence-corrected chi connectivity index (χ3v) is 3.59. The molecule has 1 unspecified atom stereocenters. The number of ether oxygens (including phenoxy) is 1. The summed E-state index contributed by atoms with van der Waals surface area (Å²) < 4.78 is 10.4. The number of hydrogen-bond donors (Lipinski definition) is 1. The van der Waals surface area contributed by atoms with E-state index in [9.17, 15) is 9.59 Å². The van der Waals surface area contributed by atoms with Crippen molar-refractivity contribution in [3.63, 3.8) is 0 Å². The smallest absolute Gasteiger partial charge is 0.340 e. The first-order chi connectivity index (χ1) is 12.5. The Morgan fingerprint density at radius 1 is 1.12 bits per heavy atom. The molecule has 2 aromatic heterocycles. The molecule has 3 rings (SSSR count). The zero-order valence-electron chi connectivity index (χ0n) is 14.3. The highest BCUT2D eigenvalue weighted by Gasteiger charge is 2.26. The van der Waals surface area contributed by atoms with E-state index in [0.717, 1.165) is 5.69 Å².